The lowest BCUT2D eigenvalue weighted by molar-refractivity contribution is 0.0594. The van der Waals surface area contributed by atoms with E-state index in [1.165, 1.54) is 12.8 Å². The molecule has 1 aliphatic heterocycles. The van der Waals surface area contributed by atoms with E-state index in [9.17, 15) is 4.79 Å². The number of esters is 1. The van der Waals surface area contributed by atoms with E-state index in [1.54, 1.807) is 10.9 Å². The van der Waals surface area contributed by atoms with Crippen molar-refractivity contribution in [1.29, 1.82) is 0 Å². The number of carbonyl (C=O) groups excluding carboxylic acids is 1. The van der Waals surface area contributed by atoms with Crippen molar-refractivity contribution in [2.45, 2.75) is 19.9 Å². The number of rotatable bonds is 8. The largest absolute Gasteiger partial charge is 0.492 e. The Morgan fingerprint density at radius 1 is 1.15 bits per heavy atom. The topological polar surface area (TPSA) is 72.7 Å². The second-order valence-corrected chi connectivity index (χ2v) is 6.44. The van der Waals surface area contributed by atoms with Gasteiger partial charge in [0.15, 0.2) is 5.69 Å². The summed E-state index contributed by atoms with van der Waals surface area (Å²) in [5.74, 6) is 0.505. The maximum atomic E-state index is 11.4. The minimum absolute atomic E-state index is 0.249. The number of carbonyl (C=O) groups is 1. The number of hydrogen-bond donors (Lipinski definition) is 0. The number of anilines is 1. The van der Waals surface area contributed by atoms with E-state index in [1.807, 2.05) is 19.1 Å². The van der Waals surface area contributed by atoms with E-state index >= 15 is 0 Å². The van der Waals surface area contributed by atoms with E-state index in [0.717, 1.165) is 51.4 Å². The lowest BCUT2D eigenvalue weighted by atomic mass is 10.2. The Balaban J connectivity index is 1.43. The van der Waals surface area contributed by atoms with Gasteiger partial charge >= 0.3 is 5.97 Å². The average Bonchev–Trinajstić information content (AvgIpc) is 3.18. The highest BCUT2D eigenvalue weighted by atomic mass is 16.5. The quantitative estimate of drug-likeness (QED) is 0.652. The molecule has 0 N–H and O–H groups in total. The van der Waals surface area contributed by atoms with Gasteiger partial charge in [0.05, 0.1) is 25.6 Å². The highest BCUT2D eigenvalue weighted by Crippen LogP contribution is 2.28. The molecule has 0 bridgehead atoms. The van der Waals surface area contributed by atoms with Crippen LogP contribution in [0.3, 0.4) is 0 Å². The third kappa shape index (κ3) is 4.97. The fourth-order valence-electron chi connectivity index (χ4n) is 3.27. The van der Waals surface area contributed by atoms with Gasteiger partial charge in [-0.25, -0.2) is 4.79 Å². The van der Waals surface area contributed by atoms with Crippen LogP contribution >= 0.6 is 0 Å². The Labute approximate surface area is 159 Å². The van der Waals surface area contributed by atoms with Crippen LogP contribution < -0.4 is 9.64 Å². The second-order valence-electron chi connectivity index (χ2n) is 6.44. The highest BCUT2D eigenvalue weighted by molar-refractivity contribution is 5.86. The smallest absolute Gasteiger partial charge is 0.360 e. The van der Waals surface area contributed by atoms with Gasteiger partial charge in [-0.05, 0) is 25.5 Å². The van der Waals surface area contributed by atoms with E-state index in [4.69, 9.17) is 4.74 Å². The zero-order chi connectivity index (χ0) is 19.1. The molecule has 2 aromatic rings. The number of methoxy groups -OCH3 is 1. The van der Waals surface area contributed by atoms with E-state index < -0.39 is 5.97 Å². The van der Waals surface area contributed by atoms with E-state index in [-0.39, 0.29) is 5.69 Å². The van der Waals surface area contributed by atoms with Crippen molar-refractivity contribution in [2.75, 3.05) is 51.3 Å². The van der Waals surface area contributed by atoms with Crippen LogP contribution in [0.5, 0.6) is 5.75 Å². The van der Waals surface area contributed by atoms with Gasteiger partial charge in [-0.2, -0.15) is 0 Å². The Morgan fingerprint density at radius 2 is 1.93 bits per heavy atom. The van der Waals surface area contributed by atoms with Crippen LogP contribution in [-0.4, -0.2) is 72.3 Å². The van der Waals surface area contributed by atoms with E-state index in [0.29, 0.717) is 6.61 Å². The SMILES string of the molecule is CCOc1ccccc1N1CCN(CCCn2cc(C(=O)OC)nn2)CC1. The Morgan fingerprint density at radius 3 is 2.67 bits per heavy atom. The lowest BCUT2D eigenvalue weighted by Crippen LogP contribution is -2.46. The fraction of sp³-hybridized carbons (Fsp3) is 0.526. The van der Waals surface area contributed by atoms with Gasteiger partial charge in [0, 0.05) is 39.3 Å². The van der Waals surface area contributed by atoms with Crippen molar-refractivity contribution < 1.29 is 14.3 Å². The number of nitrogens with zero attached hydrogens (tertiary/aromatic N) is 5. The van der Waals surface area contributed by atoms with Crippen LogP contribution in [0.4, 0.5) is 5.69 Å². The molecule has 0 spiro atoms. The Bertz CT molecular complexity index is 740. The third-order valence-corrected chi connectivity index (χ3v) is 4.67. The number of benzene rings is 1. The molecule has 8 heteroatoms. The van der Waals surface area contributed by atoms with Gasteiger partial charge in [0.1, 0.15) is 5.75 Å². The molecule has 27 heavy (non-hydrogen) atoms. The molecule has 2 heterocycles. The minimum atomic E-state index is -0.454. The number of piperazine rings is 1. The summed E-state index contributed by atoms with van der Waals surface area (Å²) < 4.78 is 12.1. The first kappa shape index (κ1) is 19.2. The van der Waals surface area contributed by atoms with E-state index in [2.05, 4.69) is 37.0 Å². The zero-order valence-corrected chi connectivity index (χ0v) is 16.0. The summed E-state index contributed by atoms with van der Waals surface area (Å²) in [6.07, 6.45) is 2.59. The number of ether oxygens (including phenoxy) is 2. The zero-order valence-electron chi connectivity index (χ0n) is 16.0. The predicted molar refractivity (Wildman–Crippen MR) is 102 cm³/mol. The first-order chi connectivity index (χ1) is 13.2. The number of hydrogen-bond acceptors (Lipinski definition) is 7. The number of para-hydroxylation sites is 2. The molecule has 0 atom stereocenters. The molecule has 0 aliphatic carbocycles. The molecular weight excluding hydrogens is 346 g/mol. The molecule has 1 aromatic heterocycles. The van der Waals surface area contributed by atoms with Crippen LogP contribution in [0.15, 0.2) is 30.5 Å². The van der Waals surface area contributed by atoms with Crippen molar-refractivity contribution in [3.05, 3.63) is 36.2 Å². The fourth-order valence-corrected chi connectivity index (χ4v) is 3.27. The maximum absolute atomic E-state index is 11.4. The summed E-state index contributed by atoms with van der Waals surface area (Å²) in [5.41, 5.74) is 1.43. The van der Waals surface area contributed by atoms with Crippen LogP contribution in [0.2, 0.25) is 0 Å². The molecule has 0 saturated carbocycles. The van der Waals surface area contributed by atoms with Crippen LogP contribution in [0.1, 0.15) is 23.8 Å². The van der Waals surface area contributed by atoms with Crippen LogP contribution in [-0.2, 0) is 11.3 Å². The molecule has 8 nitrogen and oxygen atoms in total. The predicted octanol–water partition coefficient (Wildman–Crippen LogP) is 1.68. The van der Waals surface area contributed by atoms with Crippen molar-refractivity contribution in [3.63, 3.8) is 0 Å². The van der Waals surface area contributed by atoms with Crippen molar-refractivity contribution in [1.82, 2.24) is 19.9 Å². The Kier molecular flexibility index (Phi) is 6.64. The average molecular weight is 373 g/mol. The minimum Gasteiger partial charge on any atom is -0.492 e. The normalized spacial score (nSPS) is 15.0. The molecule has 146 valence electrons. The van der Waals surface area contributed by atoms with Gasteiger partial charge in [-0.15, -0.1) is 5.10 Å². The lowest BCUT2D eigenvalue weighted by Gasteiger charge is -2.36. The summed E-state index contributed by atoms with van der Waals surface area (Å²) in [4.78, 5) is 16.2. The maximum Gasteiger partial charge on any atom is 0.360 e. The van der Waals surface area contributed by atoms with Gasteiger partial charge in [-0.1, -0.05) is 17.3 Å². The van der Waals surface area contributed by atoms with Crippen molar-refractivity contribution in [2.24, 2.45) is 0 Å². The standard InChI is InChI=1S/C19H27N5O3/c1-3-27-18-8-5-4-7-17(18)23-13-11-22(12-14-23)9-6-10-24-15-16(20-21-24)19(25)26-2/h4-5,7-8,15H,3,6,9-14H2,1-2H3. The Hall–Kier alpha value is -2.61. The molecule has 0 amide bonds. The summed E-state index contributed by atoms with van der Waals surface area (Å²) in [7, 11) is 1.34. The summed E-state index contributed by atoms with van der Waals surface area (Å²) in [5, 5.41) is 7.80. The van der Waals surface area contributed by atoms with Crippen LogP contribution in [0, 0.1) is 0 Å². The first-order valence-electron chi connectivity index (χ1n) is 9.39. The van der Waals surface area contributed by atoms with Gasteiger partial charge in [0.2, 0.25) is 0 Å². The molecule has 1 saturated heterocycles. The number of aromatic nitrogens is 3. The molecule has 1 aromatic carbocycles. The van der Waals surface area contributed by atoms with Gasteiger partial charge in [0.25, 0.3) is 0 Å². The molecule has 1 aliphatic rings. The second kappa shape index (κ2) is 9.36. The van der Waals surface area contributed by atoms with Crippen molar-refractivity contribution >= 4 is 11.7 Å². The number of aryl methyl sites for hydroxylation is 1. The molecule has 0 radical (unpaired) electrons. The summed E-state index contributed by atoms with van der Waals surface area (Å²) in [6.45, 7) is 8.43. The van der Waals surface area contributed by atoms with Crippen LogP contribution in [0.25, 0.3) is 0 Å². The van der Waals surface area contributed by atoms with Gasteiger partial charge < -0.3 is 14.4 Å². The highest BCUT2D eigenvalue weighted by Gasteiger charge is 2.19. The molecule has 1 fully saturated rings. The third-order valence-electron chi connectivity index (χ3n) is 4.67. The first-order valence-corrected chi connectivity index (χ1v) is 9.39. The van der Waals surface area contributed by atoms with Gasteiger partial charge in [-0.3, -0.25) is 9.58 Å². The molecule has 3 rings (SSSR count). The monoisotopic (exact) mass is 373 g/mol. The summed E-state index contributed by atoms with van der Waals surface area (Å²) >= 11 is 0. The molecule has 0 unspecified atom stereocenters. The molecular formula is C19H27N5O3. The van der Waals surface area contributed by atoms with Crippen molar-refractivity contribution in [3.8, 4) is 5.75 Å². The summed E-state index contributed by atoms with van der Waals surface area (Å²) in [6, 6.07) is 8.24.